The molecule has 2 aliphatic rings. The van der Waals surface area contributed by atoms with E-state index < -0.39 is 0 Å². The Morgan fingerprint density at radius 3 is 2.44 bits per heavy atom. The summed E-state index contributed by atoms with van der Waals surface area (Å²) in [7, 11) is 0. The van der Waals surface area contributed by atoms with Gasteiger partial charge in [-0.15, -0.1) is 24.0 Å². The number of rotatable bonds is 7. The van der Waals surface area contributed by atoms with Crippen LogP contribution in [0.25, 0.3) is 0 Å². The molecule has 0 aliphatic carbocycles. The molecule has 5 nitrogen and oxygen atoms in total. The first kappa shape index (κ1) is 22.4. The molecule has 1 aromatic carbocycles. The number of unbranched alkanes of at least 4 members (excludes halogenated alkanes) is 1. The van der Waals surface area contributed by atoms with Gasteiger partial charge in [0, 0.05) is 19.6 Å². The van der Waals surface area contributed by atoms with Gasteiger partial charge in [0.15, 0.2) is 5.96 Å². The van der Waals surface area contributed by atoms with Crippen molar-refractivity contribution in [3.05, 3.63) is 35.9 Å². The Morgan fingerprint density at radius 2 is 1.74 bits per heavy atom. The van der Waals surface area contributed by atoms with Crippen LogP contribution in [0, 0.1) is 5.92 Å². The molecule has 0 saturated carbocycles. The molecule has 6 heteroatoms. The molecule has 2 heterocycles. The first-order valence-electron chi connectivity index (χ1n) is 10.2. The molecule has 0 radical (unpaired) electrons. The minimum Gasteiger partial charge on any atom is -0.378 e. The summed E-state index contributed by atoms with van der Waals surface area (Å²) in [5, 5.41) is 0. The molecular formula is C21H35IN4O. The van der Waals surface area contributed by atoms with E-state index in [9.17, 15) is 0 Å². The van der Waals surface area contributed by atoms with Crippen molar-refractivity contribution < 1.29 is 4.74 Å². The molecule has 1 aromatic rings. The molecule has 2 fully saturated rings. The first-order chi connectivity index (χ1) is 12.8. The first-order valence-corrected chi connectivity index (χ1v) is 10.2. The maximum atomic E-state index is 6.06. The van der Waals surface area contributed by atoms with Crippen LogP contribution in [0.1, 0.15) is 31.2 Å². The van der Waals surface area contributed by atoms with Crippen molar-refractivity contribution in [1.82, 2.24) is 9.80 Å². The summed E-state index contributed by atoms with van der Waals surface area (Å²) in [4.78, 5) is 9.28. The highest BCUT2D eigenvalue weighted by Crippen LogP contribution is 2.21. The second-order valence-electron chi connectivity index (χ2n) is 7.52. The van der Waals surface area contributed by atoms with E-state index in [0.29, 0.717) is 5.96 Å². The van der Waals surface area contributed by atoms with Gasteiger partial charge in [0.2, 0.25) is 0 Å². The van der Waals surface area contributed by atoms with Crippen LogP contribution in [-0.2, 0) is 11.2 Å². The zero-order valence-electron chi connectivity index (χ0n) is 16.4. The molecule has 0 unspecified atom stereocenters. The van der Waals surface area contributed by atoms with Crippen LogP contribution in [-0.4, -0.2) is 68.2 Å². The van der Waals surface area contributed by atoms with Crippen LogP contribution in [0.2, 0.25) is 0 Å². The van der Waals surface area contributed by atoms with E-state index in [-0.39, 0.29) is 24.0 Å². The summed E-state index contributed by atoms with van der Waals surface area (Å²) >= 11 is 0. The lowest BCUT2D eigenvalue weighted by Crippen LogP contribution is -2.44. The number of halogens is 1. The summed E-state index contributed by atoms with van der Waals surface area (Å²) in [6, 6.07) is 10.9. The third-order valence-electron chi connectivity index (χ3n) is 5.57. The van der Waals surface area contributed by atoms with Crippen LogP contribution in [0.4, 0.5) is 0 Å². The molecule has 0 bridgehead atoms. The predicted octanol–water partition coefficient (Wildman–Crippen LogP) is 2.99. The van der Waals surface area contributed by atoms with Crippen molar-refractivity contribution >= 4 is 29.9 Å². The lowest BCUT2D eigenvalue weighted by atomic mass is 9.90. The third kappa shape index (κ3) is 7.95. The fourth-order valence-electron chi connectivity index (χ4n) is 3.89. The van der Waals surface area contributed by atoms with Gasteiger partial charge in [0.25, 0.3) is 0 Å². The molecule has 2 aliphatic heterocycles. The highest BCUT2D eigenvalue weighted by molar-refractivity contribution is 14.0. The van der Waals surface area contributed by atoms with Crippen LogP contribution >= 0.6 is 24.0 Å². The molecule has 0 amide bonds. The molecule has 0 aromatic heterocycles. The highest BCUT2D eigenvalue weighted by Gasteiger charge is 2.19. The van der Waals surface area contributed by atoms with E-state index in [1.807, 2.05) is 0 Å². The molecule has 0 spiro atoms. The number of benzene rings is 1. The van der Waals surface area contributed by atoms with E-state index in [1.165, 1.54) is 50.9 Å². The van der Waals surface area contributed by atoms with Crippen molar-refractivity contribution in [3.8, 4) is 0 Å². The fourth-order valence-corrected chi connectivity index (χ4v) is 3.89. The Morgan fingerprint density at radius 1 is 1.04 bits per heavy atom. The monoisotopic (exact) mass is 486 g/mol. The van der Waals surface area contributed by atoms with Crippen molar-refractivity contribution in [2.45, 2.75) is 32.1 Å². The number of ether oxygens (including phenoxy) is 1. The Bertz CT molecular complexity index is 540. The number of piperidine rings is 1. The fraction of sp³-hybridized carbons (Fsp3) is 0.667. The zero-order valence-corrected chi connectivity index (χ0v) is 18.7. The number of hydrogen-bond acceptors (Lipinski definition) is 3. The van der Waals surface area contributed by atoms with Gasteiger partial charge in [-0.05, 0) is 63.2 Å². The molecule has 2 N–H and O–H groups in total. The van der Waals surface area contributed by atoms with Gasteiger partial charge in [-0.25, -0.2) is 0 Å². The smallest absolute Gasteiger partial charge is 0.191 e. The van der Waals surface area contributed by atoms with Crippen LogP contribution in [0.3, 0.4) is 0 Å². The summed E-state index contributed by atoms with van der Waals surface area (Å²) in [5.74, 6) is 1.54. The second kappa shape index (κ2) is 12.6. The van der Waals surface area contributed by atoms with E-state index in [0.717, 1.165) is 45.2 Å². The number of guanidine groups is 1. The highest BCUT2D eigenvalue weighted by atomic mass is 127. The summed E-state index contributed by atoms with van der Waals surface area (Å²) in [5.41, 5.74) is 7.55. The lowest BCUT2D eigenvalue weighted by molar-refractivity contribution is 0.0674. The Kier molecular flexibility index (Phi) is 10.4. The SMILES string of the molecule is I.NC(=NCCCCN1CCC(Cc2ccccc2)CC1)N1CCOCC1. The van der Waals surface area contributed by atoms with Crippen molar-refractivity contribution in [1.29, 1.82) is 0 Å². The number of morpholine rings is 1. The van der Waals surface area contributed by atoms with Crippen molar-refractivity contribution in [2.24, 2.45) is 16.6 Å². The number of aliphatic imine (C=N–C) groups is 1. The zero-order chi connectivity index (χ0) is 18.0. The van der Waals surface area contributed by atoms with Gasteiger partial charge >= 0.3 is 0 Å². The summed E-state index contributed by atoms with van der Waals surface area (Å²) in [6.07, 6.45) is 6.23. The van der Waals surface area contributed by atoms with Gasteiger partial charge in [-0.3, -0.25) is 4.99 Å². The number of hydrogen-bond donors (Lipinski definition) is 1. The normalized spacial score (nSPS) is 19.7. The largest absolute Gasteiger partial charge is 0.378 e. The van der Waals surface area contributed by atoms with Gasteiger partial charge < -0.3 is 20.3 Å². The number of likely N-dealkylation sites (tertiary alicyclic amines) is 1. The Hall–Kier alpha value is -0.860. The van der Waals surface area contributed by atoms with Gasteiger partial charge in [-0.1, -0.05) is 30.3 Å². The maximum Gasteiger partial charge on any atom is 0.191 e. The Balaban J connectivity index is 0.00000261. The molecule has 0 atom stereocenters. The molecular weight excluding hydrogens is 451 g/mol. The van der Waals surface area contributed by atoms with Gasteiger partial charge in [0.1, 0.15) is 0 Å². The van der Waals surface area contributed by atoms with Crippen molar-refractivity contribution in [3.63, 3.8) is 0 Å². The summed E-state index contributed by atoms with van der Waals surface area (Å²) in [6.45, 7) is 7.79. The number of nitrogens with zero attached hydrogens (tertiary/aromatic N) is 3. The second-order valence-corrected chi connectivity index (χ2v) is 7.52. The summed E-state index contributed by atoms with van der Waals surface area (Å²) < 4.78 is 5.34. The minimum atomic E-state index is 0. The minimum absolute atomic E-state index is 0. The van der Waals surface area contributed by atoms with Crippen LogP contribution in [0.5, 0.6) is 0 Å². The number of nitrogens with two attached hydrogens (primary N) is 1. The molecule has 152 valence electrons. The van der Waals surface area contributed by atoms with E-state index in [4.69, 9.17) is 10.5 Å². The quantitative estimate of drug-likeness (QED) is 0.279. The van der Waals surface area contributed by atoms with E-state index >= 15 is 0 Å². The molecule has 3 rings (SSSR count). The predicted molar refractivity (Wildman–Crippen MR) is 123 cm³/mol. The third-order valence-corrected chi connectivity index (χ3v) is 5.57. The Labute approximate surface area is 181 Å². The maximum absolute atomic E-state index is 6.06. The van der Waals surface area contributed by atoms with E-state index in [2.05, 4.69) is 45.1 Å². The van der Waals surface area contributed by atoms with E-state index in [1.54, 1.807) is 0 Å². The lowest BCUT2D eigenvalue weighted by Gasteiger charge is -2.32. The standard InChI is InChI=1S/C21H34N4O.HI/c22-21(25-14-16-26-17-15-25)23-10-4-5-11-24-12-8-20(9-13-24)18-19-6-2-1-3-7-19;/h1-3,6-7,20H,4-5,8-18H2,(H2,22,23);1H. The molecule has 2 saturated heterocycles. The van der Waals surface area contributed by atoms with Crippen LogP contribution in [0.15, 0.2) is 35.3 Å². The van der Waals surface area contributed by atoms with Gasteiger partial charge in [-0.2, -0.15) is 0 Å². The molecule has 27 heavy (non-hydrogen) atoms. The van der Waals surface area contributed by atoms with Gasteiger partial charge in [0.05, 0.1) is 13.2 Å². The van der Waals surface area contributed by atoms with Crippen molar-refractivity contribution in [2.75, 3.05) is 52.5 Å². The topological polar surface area (TPSA) is 54.1 Å². The average Bonchev–Trinajstić information content (AvgIpc) is 2.70. The van der Waals surface area contributed by atoms with Crippen LogP contribution < -0.4 is 5.73 Å². The average molecular weight is 486 g/mol.